The Morgan fingerprint density at radius 2 is 1.61 bits per heavy atom. The summed E-state index contributed by atoms with van der Waals surface area (Å²) in [6, 6.07) is 3.92. The van der Waals surface area contributed by atoms with Gasteiger partial charge in [0.05, 0.1) is 6.10 Å². The Labute approximate surface area is 138 Å². The molecule has 1 aromatic carbocycles. The number of rotatable bonds is 4. The molecule has 0 saturated heterocycles. The van der Waals surface area contributed by atoms with Crippen LogP contribution in [0.4, 0.5) is 5.69 Å². The molecule has 0 fully saturated rings. The SMILES string of the molecule is Cc1cc(C)c(NC(=O)C(=O)NCC[C@@H](O)C(C)(C)C)c(C)c1. The zero-order chi connectivity index (χ0) is 17.8. The molecule has 1 atom stereocenters. The highest BCUT2D eigenvalue weighted by atomic mass is 16.3. The van der Waals surface area contributed by atoms with Gasteiger partial charge in [0.15, 0.2) is 0 Å². The molecular formula is C18H28N2O3. The van der Waals surface area contributed by atoms with Crippen LogP contribution in [0.25, 0.3) is 0 Å². The van der Waals surface area contributed by atoms with Gasteiger partial charge in [-0.25, -0.2) is 0 Å². The molecular weight excluding hydrogens is 292 g/mol. The third-order valence-electron chi connectivity index (χ3n) is 3.82. The van der Waals surface area contributed by atoms with Gasteiger partial charge in [0, 0.05) is 12.2 Å². The predicted molar refractivity (Wildman–Crippen MR) is 92.4 cm³/mol. The van der Waals surface area contributed by atoms with Crippen LogP contribution in [0.5, 0.6) is 0 Å². The zero-order valence-electron chi connectivity index (χ0n) is 14.9. The van der Waals surface area contributed by atoms with Gasteiger partial charge in [-0.2, -0.15) is 0 Å². The molecule has 0 aliphatic heterocycles. The Hall–Kier alpha value is -1.88. The average Bonchev–Trinajstić information content (AvgIpc) is 2.41. The minimum atomic E-state index is -0.690. The molecule has 3 N–H and O–H groups in total. The van der Waals surface area contributed by atoms with Crippen LogP contribution in [0.2, 0.25) is 0 Å². The normalized spacial score (nSPS) is 12.7. The highest BCUT2D eigenvalue weighted by Gasteiger charge is 2.22. The summed E-state index contributed by atoms with van der Waals surface area (Å²) < 4.78 is 0. The summed E-state index contributed by atoms with van der Waals surface area (Å²) >= 11 is 0. The molecule has 0 unspecified atom stereocenters. The van der Waals surface area contributed by atoms with Crippen LogP contribution in [-0.2, 0) is 9.59 Å². The van der Waals surface area contributed by atoms with E-state index in [1.165, 1.54) is 0 Å². The quantitative estimate of drug-likeness (QED) is 0.746. The fourth-order valence-electron chi connectivity index (χ4n) is 2.38. The fraction of sp³-hybridized carbons (Fsp3) is 0.556. The third kappa shape index (κ3) is 5.67. The second-order valence-corrected chi connectivity index (χ2v) is 7.15. The lowest BCUT2D eigenvalue weighted by Gasteiger charge is -2.25. The van der Waals surface area contributed by atoms with E-state index in [1.807, 2.05) is 53.7 Å². The first-order valence-electron chi connectivity index (χ1n) is 7.87. The Kier molecular flexibility index (Phi) is 6.33. The maximum Gasteiger partial charge on any atom is 0.313 e. The van der Waals surface area contributed by atoms with Crippen LogP contribution in [0, 0.1) is 26.2 Å². The first-order chi connectivity index (χ1) is 10.5. The molecule has 2 amide bonds. The Bertz CT molecular complexity index is 565. The van der Waals surface area contributed by atoms with Crippen molar-refractivity contribution in [2.45, 2.75) is 54.1 Å². The molecule has 0 aromatic heterocycles. The minimum Gasteiger partial charge on any atom is -0.393 e. The Morgan fingerprint density at radius 3 is 2.09 bits per heavy atom. The van der Waals surface area contributed by atoms with E-state index < -0.39 is 17.9 Å². The number of carbonyl (C=O) groups excluding carboxylic acids is 2. The van der Waals surface area contributed by atoms with Crippen molar-refractivity contribution >= 4 is 17.5 Å². The summed E-state index contributed by atoms with van der Waals surface area (Å²) in [4.78, 5) is 23.9. The van der Waals surface area contributed by atoms with Crippen LogP contribution in [0.15, 0.2) is 12.1 Å². The number of anilines is 1. The smallest absolute Gasteiger partial charge is 0.313 e. The molecule has 0 aliphatic carbocycles. The number of amides is 2. The van der Waals surface area contributed by atoms with Crippen molar-refractivity contribution < 1.29 is 14.7 Å². The lowest BCUT2D eigenvalue weighted by atomic mass is 9.87. The largest absolute Gasteiger partial charge is 0.393 e. The number of nitrogens with one attached hydrogen (secondary N) is 2. The van der Waals surface area contributed by atoms with E-state index in [2.05, 4.69) is 10.6 Å². The first kappa shape index (κ1) is 19.2. The molecule has 0 spiro atoms. The van der Waals surface area contributed by atoms with Crippen molar-refractivity contribution in [3.8, 4) is 0 Å². The number of carbonyl (C=O) groups is 2. The fourth-order valence-corrected chi connectivity index (χ4v) is 2.38. The summed E-state index contributed by atoms with van der Waals surface area (Å²) in [5, 5.41) is 15.1. The van der Waals surface area contributed by atoms with Crippen LogP contribution in [0.1, 0.15) is 43.9 Å². The number of aliphatic hydroxyl groups excluding tert-OH is 1. The zero-order valence-corrected chi connectivity index (χ0v) is 14.9. The van der Waals surface area contributed by atoms with E-state index in [9.17, 15) is 14.7 Å². The minimum absolute atomic E-state index is 0.247. The number of benzene rings is 1. The van der Waals surface area contributed by atoms with Gasteiger partial charge in [-0.3, -0.25) is 9.59 Å². The summed E-state index contributed by atoms with van der Waals surface area (Å²) in [7, 11) is 0. The summed E-state index contributed by atoms with van der Waals surface area (Å²) in [5.74, 6) is -1.38. The van der Waals surface area contributed by atoms with Gasteiger partial charge in [-0.1, -0.05) is 38.5 Å². The van der Waals surface area contributed by atoms with Gasteiger partial charge in [-0.05, 0) is 43.7 Å². The molecule has 1 aromatic rings. The van der Waals surface area contributed by atoms with E-state index in [-0.39, 0.29) is 12.0 Å². The van der Waals surface area contributed by atoms with E-state index in [4.69, 9.17) is 0 Å². The van der Waals surface area contributed by atoms with Crippen LogP contribution in [0.3, 0.4) is 0 Å². The highest BCUT2D eigenvalue weighted by Crippen LogP contribution is 2.22. The standard InChI is InChI=1S/C18H28N2O3/c1-11-9-12(2)15(13(3)10-11)20-17(23)16(22)19-8-7-14(21)18(4,5)6/h9-10,14,21H,7-8H2,1-6H3,(H,19,22)(H,20,23)/t14-/m1/s1. The van der Waals surface area contributed by atoms with Gasteiger partial charge in [-0.15, -0.1) is 0 Å². The summed E-state index contributed by atoms with van der Waals surface area (Å²) in [6.07, 6.45) is -0.127. The molecule has 128 valence electrons. The molecule has 0 bridgehead atoms. The maximum atomic E-state index is 12.0. The van der Waals surface area contributed by atoms with Gasteiger partial charge >= 0.3 is 11.8 Å². The van der Waals surface area contributed by atoms with Crippen molar-refractivity contribution in [2.75, 3.05) is 11.9 Å². The maximum absolute atomic E-state index is 12.0. The molecule has 23 heavy (non-hydrogen) atoms. The van der Waals surface area contributed by atoms with Gasteiger partial charge < -0.3 is 15.7 Å². The number of hydrogen-bond acceptors (Lipinski definition) is 3. The van der Waals surface area contributed by atoms with Crippen molar-refractivity contribution in [3.63, 3.8) is 0 Å². The molecule has 0 heterocycles. The van der Waals surface area contributed by atoms with Crippen molar-refractivity contribution in [1.29, 1.82) is 0 Å². The van der Waals surface area contributed by atoms with Crippen LogP contribution < -0.4 is 10.6 Å². The molecule has 0 radical (unpaired) electrons. The monoisotopic (exact) mass is 320 g/mol. The second kappa shape index (κ2) is 7.59. The van der Waals surface area contributed by atoms with Crippen molar-refractivity contribution in [1.82, 2.24) is 5.32 Å². The number of hydrogen-bond donors (Lipinski definition) is 3. The molecule has 0 saturated carbocycles. The van der Waals surface area contributed by atoms with Gasteiger partial charge in [0.1, 0.15) is 0 Å². The molecule has 5 heteroatoms. The third-order valence-corrected chi connectivity index (χ3v) is 3.82. The predicted octanol–water partition coefficient (Wildman–Crippen LogP) is 2.46. The highest BCUT2D eigenvalue weighted by molar-refractivity contribution is 6.39. The van der Waals surface area contributed by atoms with Gasteiger partial charge in [0.2, 0.25) is 0 Å². The molecule has 1 rings (SSSR count). The lowest BCUT2D eigenvalue weighted by molar-refractivity contribution is -0.136. The van der Waals surface area contributed by atoms with Crippen molar-refractivity contribution in [2.24, 2.45) is 5.41 Å². The second-order valence-electron chi connectivity index (χ2n) is 7.15. The van der Waals surface area contributed by atoms with E-state index in [0.29, 0.717) is 12.1 Å². The average molecular weight is 320 g/mol. The number of aliphatic hydroxyl groups is 1. The lowest BCUT2D eigenvalue weighted by Crippen LogP contribution is -2.38. The Morgan fingerprint density at radius 1 is 1.09 bits per heavy atom. The first-order valence-corrected chi connectivity index (χ1v) is 7.87. The summed E-state index contributed by atoms with van der Waals surface area (Å²) in [5.41, 5.74) is 3.38. The van der Waals surface area contributed by atoms with E-state index >= 15 is 0 Å². The molecule has 5 nitrogen and oxygen atoms in total. The van der Waals surface area contributed by atoms with E-state index in [0.717, 1.165) is 16.7 Å². The summed E-state index contributed by atoms with van der Waals surface area (Å²) in [6.45, 7) is 11.8. The van der Waals surface area contributed by atoms with Crippen molar-refractivity contribution in [3.05, 3.63) is 28.8 Å². The Balaban J connectivity index is 2.57. The van der Waals surface area contributed by atoms with Gasteiger partial charge in [0.25, 0.3) is 0 Å². The number of aryl methyl sites for hydroxylation is 3. The topological polar surface area (TPSA) is 78.4 Å². The van der Waals surface area contributed by atoms with E-state index in [1.54, 1.807) is 0 Å². The molecule has 0 aliphatic rings. The van der Waals surface area contributed by atoms with Crippen LogP contribution in [-0.4, -0.2) is 29.6 Å². The van der Waals surface area contributed by atoms with Crippen LogP contribution >= 0.6 is 0 Å².